The van der Waals surface area contributed by atoms with Gasteiger partial charge in [-0.3, -0.25) is 9.69 Å². The lowest BCUT2D eigenvalue weighted by molar-refractivity contribution is 0.228. The maximum Gasteiger partial charge on any atom is 0.260 e. The van der Waals surface area contributed by atoms with Gasteiger partial charge >= 0.3 is 0 Å². The number of halogens is 1. The van der Waals surface area contributed by atoms with E-state index in [-0.39, 0.29) is 5.56 Å². The highest BCUT2D eigenvalue weighted by Gasteiger charge is 2.16. The third kappa shape index (κ3) is 2.98. The molecule has 1 fully saturated rings. The van der Waals surface area contributed by atoms with Crippen LogP contribution in [0, 0.1) is 0 Å². The first-order valence-corrected chi connectivity index (χ1v) is 9.16. The van der Waals surface area contributed by atoms with Crippen molar-refractivity contribution >= 4 is 33.2 Å². The average Bonchev–Trinajstić information content (AvgIpc) is 3.00. The van der Waals surface area contributed by atoms with E-state index >= 15 is 0 Å². The zero-order chi connectivity index (χ0) is 16.5. The Kier molecular flexibility index (Phi) is 4.37. The summed E-state index contributed by atoms with van der Waals surface area (Å²) >= 11 is 7.78. The van der Waals surface area contributed by atoms with Gasteiger partial charge < -0.3 is 10.3 Å². The van der Waals surface area contributed by atoms with Gasteiger partial charge in [-0.25, -0.2) is 4.98 Å². The van der Waals surface area contributed by atoms with Crippen LogP contribution in [0.2, 0.25) is 5.02 Å². The summed E-state index contributed by atoms with van der Waals surface area (Å²) in [5.74, 6) is 0.724. The summed E-state index contributed by atoms with van der Waals surface area (Å²) in [7, 11) is 0. The van der Waals surface area contributed by atoms with E-state index in [9.17, 15) is 4.79 Å². The molecule has 0 amide bonds. The van der Waals surface area contributed by atoms with Crippen molar-refractivity contribution in [1.29, 1.82) is 0 Å². The van der Waals surface area contributed by atoms with Crippen LogP contribution in [0.25, 0.3) is 21.3 Å². The van der Waals surface area contributed by atoms with Crippen LogP contribution >= 0.6 is 22.9 Å². The lowest BCUT2D eigenvalue weighted by atomic mass is 10.1. The summed E-state index contributed by atoms with van der Waals surface area (Å²) in [5, 5.41) is 6.55. The Hall–Kier alpha value is -1.73. The van der Waals surface area contributed by atoms with Crippen LogP contribution < -0.4 is 10.9 Å². The van der Waals surface area contributed by atoms with Gasteiger partial charge in [0, 0.05) is 47.7 Å². The van der Waals surface area contributed by atoms with Crippen LogP contribution in [-0.4, -0.2) is 41.0 Å². The normalized spacial score (nSPS) is 15.9. The highest BCUT2D eigenvalue weighted by Crippen LogP contribution is 2.34. The van der Waals surface area contributed by atoms with Gasteiger partial charge in [0.25, 0.3) is 5.56 Å². The number of thiophene rings is 1. The molecule has 0 atom stereocenters. The van der Waals surface area contributed by atoms with Crippen molar-refractivity contribution in [3.05, 3.63) is 50.8 Å². The van der Waals surface area contributed by atoms with Gasteiger partial charge in [-0.15, -0.1) is 11.3 Å². The molecule has 0 spiro atoms. The van der Waals surface area contributed by atoms with E-state index < -0.39 is 0 Å². The second-order valence-electron chi connectivity index (χ2n) is 5.85. The van der Waals surface area contributed by atoms with Gasteiger partial charge in [-0.05, 0) is 6.07 Å². The number of rotatable bonds is 3. The average molecular weight is 361 g/mol. The molecular formula is C17H17ClN4OS. The number of hydrogen-bond donors (Lipinski definition) is 2. The smallest absolute Gasteiger partial charge is 0.260 e. The van der Waals surface area contributed by atoms with Crippen molar-refractivity contribution in [3.63, 3.8) is 0 Å². The third-order valence-corrected chi connectivity index (χ3v) is 5.44. The molecule has 3 heterocycles. The van der Waals surface area contributed by atoms with Crippen LogP contribution in [0.4, 0.5) is 0 Å². The largest absolute Gasteiger partial charge is 0.314 e. The number of fused-ring (bicyclic) bond motifs is 1. The summed E-state index contributed by atoms with van der Waals surface area (Å²) in [4.78, 5) is 23.3. The van der Waals surface area contributed by atoms with Gasteiger partial charge in [0.2, 0.25) is 0 Å². The number of benzene rings is 1. The summed E-state index contributed by atoms with van der Waals surface area (Å²) in [6.07, 6.45) is 0. The summed E-state index contributed by atoms with van der Waals surface area (Å²) in [5.41, 5.74) is 1.62. The number of piperazine rings is 1. The number of nitrogens with zero attached hydrogens (tertiary/aromatic N) is 2. The number of aromatic amines is 1. The summed E-state index contributed by atoms with van der Waals surface area (Å²) in [6, 6.07) is 7.57. The Morgan fingerprint density at radius 2 is 2.00 bits per heavy atom. The Balaban J connectivity index is 1.73. The predicted molar refractivity (Wildman–Crippen MR) is 98.8 cm³/mol. The van der Waals surface area contributed by atoms with Crippen LogP contribution in [0.3, 0.4) is 0 Å². The van der Waals surface area contributed by atoms with Crippen LogP contribution in [0.15, 0.2) is 34.4 Å². The number of aromatic nitrogens is 2. The molecule has 0 unspecified atom stereocenters. The third-order valence-electron chi connectivity index (χ3n) is 4.24. The molecule has 124 valence electrons. The van der Waals surface area contributed by atoms with Gasteiger partial charge in [0.05, 0.1) is 11.9 Å². The van der Waals surface area contributed by atoms with Gasteiger partial charge in [0.1, 0.15) is 10.7 Å². The molecule has 0 radical (unpaired) electrons. The molecule has 5 nitrogen and oxygen atoms in total. The van der Waals surface area contributed by atoms with Crippen molar-refractivity contribution in [2.24, 2.45) is 0 Å². The van der Waals surface area contributed by atoms with E-state index in [4.69, 9.17) is 11.6 Å². The van der Waals surface area contributed by atoms with Crippen molar-refractivity contribution in [1.82, 2.24) is 20.2 Å². The molecule has 2 N–H and O–H groups in total. The minimum Gasteiger partial charge on any atom is -0.314 e. The monoisotopic (exact) mass is 360 g/mol. The molecule has 1 aromatic carbocycles. The van der Waals surface area contributed by atoms with E-state index in [2.05, 4.69) is 20.2 Å². The standard InChI is InChI=1S/C17H17ClN4OS/c18-13-4-2-1-3-11(13)12-10-24-17-15(12)16(23)20-14(21-17)9-22-7-5-19-6-8-22/h1-4,10,19H,5-9H2,(H,20,21,23). The van der Waals surface area contributed by atoms with Crippen LogP contribution in [-0.2, 0) is 6.54 Å². The van der Waals surface area contributed by atoms with E-state index in [1.807, 2.05) is 29.6 Å². The molecule has 0 bridgehead atoms. The fourth-order valence-corrected chi connectivity index (χ4v) is 4.22. The Morgan fingerprint density at radius 1 is 1.21 bits per heavy atom. The first kappa shape index (κ1) is 15.8. The Labute approximate surface area is 148 Å². The van der Waals surface area contributed by atoms with Crippen molar-refractivity contribution in [2.45, 2.75) is 6.54 Å². The molecule has 3 aromatic rings. The zero-order valence-corrected chi connectivity index (χ0v) is 14.6. The number of hydrogen-bond acceptors (Lipinski definition) is 5. The molecule has 2 aromatic heterocycles. The summed E-state index contributed by atoms with van der Waals surface area (Å²) in [6.45, 7) is 4.56. The van der Waals surface area contributed by atoms with Crippen LogP contribution in [0.1, 0.15) is 5.82 Å². The molecule has 1 saturated heterocycles. The van der Waals surface area contributed by atoms with E-state index in [0.717, 1.165) is 48.0 Å². The fraction of sp³-hybridized carbons (Fsp3) is 0.294. The molecular weight excluding hydrogens is 344 g/mol. The Bertz CT molecular complexity index is 930. The minimum absolute atomic E-state index is 0.0960. The minimum atomic E-state index is -0.0960. The maximum absolute atomic E-state index is 12.6. The topological polar surface area (TPSA) is 61.0 Å². The first-order chi connectivity index (χ1) is 11.7. The molecule has 24 heavy (non-hydrogen) atoms. The lowest BCUT2D eigenvalue weighted by Gasteiger charge is -2.26. The molecule has 1 aliphatic rings. The molecule has 0 saturated carbocycles. The van der Waals surface area contributed by atoms with Crippen molar-refractivity contribution in [2.75, 3.05) is 26.2 Å². The number of nitrogens with one attached hydrogen (secondary N) is 2. The first-order valence-electron chi connectivity index (χ1n) is 7.91. The maximum atomic E-state index is 12.6. The molecule has 0 aliphatic carbocycles. The van der Waals surface area contributed by atoms with Crippen molar-refractivity contribution < 1.29 is 0 Å². The SMILES string of the molecule is O=c1[nH]c(CN2CCNCC2)nc2scc(-c3ccccc3Cl)c12. The molecule has 1 aliphatic heterocycles. The van der Waals surface area contributed by atoms with Gasteiger partial charge in [-0.2, -0.15) is 0 Å². The van der Waals surface area contributed by atoms with Gasteiger partial charge in [0.15, 0.2) is 0 Å². The van der Waals surface area contributed by atoms with E-state index in [0.29, 0.717) is 17.0 Å². The van der Waals surface area contributed by atoms with E-state index in [1.165, 1.54) is 11.3 Å². The molecule has 4 rings (SSSR count). The fourth-order valence-electron chi connectivity index (χ4n) is 3.03. The Morgan fingerprint density at radius 3 is 2.79 bits per heavy atom. The zero-order valence-electron chi connectivity index (χ0n) is 13.0. The number of H-pyrrole nitrogens is 1. The van der Waals surface area contributed by atoms with E-state index in [1.54, 1.807) is 0 Å². The molecule has 7 heteroatoms. The quantitative estimate of drug-likeness (QED) is 0.754. The predicted octanol–water partition coefficient (Wildman–Crippen LogP) is 2.71. The highest BCUT2D eigenvalue weighted by molar-refractivity contribution is 7.17. The van der Waals surface area contributed by atoms with Gasteiger partial charge in [-0.1, -0.05) is 29.8 Å². The second kappa shape index (κ2) is 6.64. The highest BCUT2D eigenvalue weighted by atomic mass is 35.5. The van der Waals surface area contributed by atoms with Crippen molar-refractivity contribution in [3.8, 4) is 11.1 Å². The summed E-state index contributed by atoms with van der Waals surface area (Å²) < 4.78 is 0. The lowest BCUT2D eigenvalue weighted by Crippen LogP contribution is -2.43. The van der Waals surface area contributed by atoms with Crippen LogP contribution in [0.5, 0.6) is 0 Å². The second-order valence-corrected chi connectivity index (χ2v) is 7.11.